The summed E-state index contributed by atoms with van der Waals surface area (Å²) >= 11 is 6.13. The average Bonchev–Trinajstić information content (AvgIpc) is 3.15. The molecule has 0 fully saturated rings. The predicted octanol–water partition coefficient (Wildman–Crippen LogP) is 4.91. The zero-order valence-corrected chi connectivity index (χ0v) is 20.2. The molecule has 1 aliphatic heterocycles. The van der Waals surface area contributed by atoms with Crippen LogP contribution in [0.25, 0.3) is 11.3 Å². The lowest BCUT2D eigenvalue weighted by atomic mass is 10.00. The van der Waals surface area contributed by atoms with E-state index in [4.69, 9.17) is 11.6 Å². The third-order valence-corrected chi connectivity index (χ3v) is 5.90. The number of anilines is 2. The van der Waals surface area contributed by atoms with E-state index in [2.05, 4.69) is 10.6 Å². The summed E-state index contributed by atoms with van der Waals surface area (Å²) in [5.41, 5.74) is 4.95. The highest BCUT2D eigenvalue weighted by atomic mass is 35.5. The number of carbonyl (C=O) groups is 2. The van der Waals surface area contributed by atoms with Crippen molar-refractivity contribution in [2.24, 2.45) is 0 Å². The summed E-state index contributed by atoms with van der Waals surface area (Å²) in [5.74, 6) is -0.228. The molecule has 2 amide bonds. The van der Waals surface area contributed by atoms with Crippen LogP contribution in [-0.4, -0.2) is 55.8 Å². The molecule has 174 valence electrons. The maximum absolute atomic E-state index is 13.0. The lowest BCUT2D eigenvalue weighted by molar-refractivity contribution is -0.110. The van der Waals surface area contributed by atoms with Crippen molar-refractivity contribution in [1.82, 2.24) is 9.80 Å². The van der Waals surface area contributed by atoms with Gasteiger partial charge in [0.25, 0.3) is 11.8 Å². The van der Waals surface area contributed by atoms with Gasteiger partial charge in [-0.05, 0) is 56.1 Å². The number of nitrogens with zero attached hydrogens (tertiary/aromatic N) is 2. The zero-order chi connectivity index (χ0) is 24.2. The van der Waals surface area contributed by atoms with E-state index >= 15 is 0 Å². The molecule has 0 unspecified atom stereocenters. The molecule has 4 rings (SSSR count). The van der Waals surface area contributed by atoms with Gasteiger partial charge in [0.2, 0.25) is 0 Å². The molecule has 0 radical (unpaired) electrons. The number of benzene rings is 3. The molecule has 0 aliphatic carbocycles. The van der Waals surface area contributed by atoms with Crippen LogP contribution in [0.15, 0.2) is 72.8 Å². The third kappa shape index (κ3) is 5.14. The van der Waals surface area contributed by atoms with Crippen molar-refractivity contribution in [1.29, 1.82) is 0 Å². The van der Waals surface area contributed by atoms with E-state index in [0.717, 1.165) is 23.4 Å². The Bertz CT molecular complexity index is 1240. The van der Waals surface area contributed by atoms with Crippen LogP contribution >= 0.6 is 11.6 Å². The summed E-state index contributed by atoms with van der Waals surface area (Å²) in [7, 11) is 5.77. The maximum Gasteiger partial charge on any atom is 0.258 e. The zero-order valence-electron chi connectivity index (χ0n) is 19.4. The van der Waals surface area contributed by atoms with Gasteiger partial charge in [-0.25, -0.2) is 0 Å². The first-order chi connectivity index (χ1) is 16.3. The van der Waals surface area contributed by atoms with Crippen LogP contribution in [0.4, 0.5) is 11.4 Å². The molecule has 0 aromatic heterocycles. The Morgan fingerprint density at radius 1 is 0.912 bits per heavy atom. The van der Waals surface area contributed by atoms with E-state index in [1.807, 2.05) is 67.5 Å². The maximum atomic E-state index is 13.0. The standard InChI is InChI=1S/C27H27ClN4O2/c1-31(2)15-16-32(3)27(34)19-9-12-21(13-10-19)29-25(18-7-5-4-6-8-18)24-22-14-11-20(28)17-23(22)30-26(24)33/h4-14,17,29H,15-16H2,1-3H3,(H,30,33). The predicted molar refractivity (Wildman–Crippen MR) is 139 cm³/mol. The smallest absolute Gasteiger partial charge is 0.258 e. The molecule has 2 N–H and O–H groups in total. The average molecular weight is 475 g/mol. The Morgan fingerprint density at radius 3 is 2.29 bits per heavy atom. The minimum Gasteiger partial charge on any atom is -0.354 e. The Kier molecular flexibility index (Phi) is 7.01. The largest absolute Gasteiger partial charge is 0.354 e. The Balaban J connectivity index is 1.65. The number of nitrogens with one attached hydrogen (secondary N) is 2. The molecular formula is C27H27ClN4O2. The number of likely N-dealkylation sites (N-methyl/N-ethyl adjacent to an activating group) is 2. The fraction of sp³-hybridized carbons (Fsp3) is 0.185. The van der Waals surface area contributed by atoms with Crippen LogP contribution in [0.3, 0.4) is 0 Å². The number of hydrogen-bond acceptors (Lipinski definition) is 4. The van der Waals surface area contributed by atoms with Crippen molar-refractivity contribution >= 4 is 46.1 Å². The van der Waals surface area contributed by atoms with Crippen molar-refractivity contribution in [2.75, 3.05) is 44.9 Å². The number of halogens is 1. The van der Waals surface area contributed by atoms with Gasteiger partial charge in [0.05, 0.1) is 17.0 Å². The summed E-state index contributed by atoms with van der Waals surface area (Å²) < 4.78 is 0. The van der Waals surface area contributed by atoms with Crippen LogP contribution in [0, 0.1) is 0 Å². The fourth-order valence-corrected chi connectivity index (χ4v) is 3.96. The lowest BCUT2D eigenvalue weighted by Crippen LogP contribution is -2.33. The van der Waals surface area contributed by atoms with Gasteiger partial charge in [-0.3, -0.25) is 9.59 Å². The number of amides is 2. The summed E-state index contributed by atoms with van der Waals surface area (Å²) in [6, 6.07) is 22.4. The molecule has 3 aromatic carbocycles. The number of hydrogen-bond donors (Lipinski definition) is 2. The van der Waals surface area contributed by atoms with Gasteiger partial charge in [0.15, 0.2) is 0 Å². The molecule has 1 aliphatic rings. The van der Waals surface area contributed by atoms with Crippen molar-refractivity contribution < 1.29 is 9.59 Å². The van der Waals surface area contributed by atoms with Gasteiger partial charge < -0.3 is 20.4 Å². The van der Waals surface area contributed by atoms with E-state index in [1.54, 1.807) is 36.2 Å². The van der Waals surface area contributed by atoms with E-state index in [-0.39, 0.29) is 11.8 Å². The topological polar surface area (TPSA) is 64.7 Å². The van der Waals surface area contributed by atoms with Gasteiger partial charge in [0, 0.05) is 42.0 Å². The monoisotopic (exact) mass is 474 g/mol. The Labute approximate surface area is 204 Å². The Morgan fingerprint density at radius 2 is 1.62 bits per heavy atom. The third-order valence-electron chi connectivity index (χ3n) is 5.67. The van der Waals surface area contributed by atoms with Crippen LogP contribution in [0.2, 0.25) is 5.02 Å². The molecule has 6 nitrogen and oxygen atoms in total. The first-order valence-electron chi connectivity index (χ1n) is 11.0. The van der Waals surface area contributed by atoms with E-state index in [0.29, 0.717) is 34.1 Å². The van der Waals surface area contributed by atoms with Crippen molar-refractivity contribution in [2.45, 2.75) is 0 Å². The van der Waals surface area contributed by atoms with Gasteiger partial charge in [-0.15, -0.1) is 0 Å². The second kappa shape index (κ2) is 10.1. The molecule has 1 heterocycles. The molecule has 0 saturated carbocycles. The normalized spacial score (nSPS) is 14.0. The first-order valence-corrected chi connectivity index (χ1v) is 11.4. The summed E-state index contributed by atoms with van der Waals surface area (Å²) in [4.78, 5) is 29.5. The summed E-state index contributed by atoms with van der Waals surface area (Å²) in [6.45, 7) is 1.44. The SMILES string of the molecule is CN(C)CCN(C)C(=O)c1ccc(NC(=C2C(=O)Nc3cc(Cl)ccc32)c2ccccc2)cc1. The van der Waals surface area contributed by atoms with Crippen molar-refractivity contribution in [3.8, 4) is 0 Å². The van der Waals surface area contributed by atoms with Crippen LogP contribution in [0.5, 0.6) is 0 Å². The molecular weight excluding hydrogens is 448 g/mol. The van der Waals surface area contributed by atoms with E-state index < -0.39 is 0 Å². The molecule has 0 saturated heterocycles. The molecule has 0 atom stereocenters. The van der Waals surface area contributed by atoms with Gasteiger partial charge in [-0.2, -0.15) is 0 Å². The molecule has 0 spiro atoms. The molecule has 0 bridgehead atoms. The summed E-state index contributed by atoms with van der Waals surface area (Å²) in [5, 5.41) is 6.88. The minimum atomic E-state index is -0.196. The van der Waals surface area contributed by atoms with E-state index in [1.165, 1.54) is 0 Å². The fourth-order valence-electron chi connectivity index (χ4n) is 3.79. The first kappa shape index (κ1) is 23.5. The lowest BCUT2D eigenvalue weighted by Gasteiger charge is -2.20. The number of fused-ring (bicyclic) bond motifs is 1. The minimum absolute atomic E-state index is 0.0315. The molecule has 34 heavy (non-hydrogen) atoms. The quantitative estimate of drug-likeness (QED) is 0.478. The van der Waals surface area contributed by atoms with Crippen LogP contribution in [0.1, 0.15) is 21.5 Å². The number of rotatable bonds is 7. The van der Waals surface area contributed by atoms with Crippen LogP contribution < -0.4 is 10.6 Å². The highest BCUT2D eigenvalue weighted by Gasteiger charge is 2.28. The second-order valence-corrected chi connectivity index (χ2v) is 8.93. The second-order valence-electron chi connectivity index (χ2n) is 8.49. The van der Waals surface area contributed by atoms with Gasteiger partial charge >= 0.3 is 0 Å². The van der Waals surface area contributed by atoms with Gasteiger partial charge in [-0.1, -0.05) is 48.0 Å². The molecule has 7 heteroatoms. The number of carbonyl (C=O) groups excluding carboxylic acids is 2. The van der Waals surface area contributed by atoms with Crippen LogP contribution in [-0.2, 0) is 4.79 Å². The van der Waals surface area contributed by atoms with Gasteiger partial charge in [0.1, 0.15) is 0 Å². The summed E-state index contributed by atoms with van der Waals surface area (Å²) in [6.07, 6.45) is 0. The highest BCUT2D eigenvalue weighted by Crippen LogP contribution is 2.38. The molecule has 3 aromatic rings. The van der Waals surface area contributed by atoms with Crippen molar-refractivity contribution in [3.05, 3.63) is 94.5 Å². The highest BCUT2D eigenvalue weighted by molar-refractivity contribution is 6.38. The van der Waals surface area contributed by atoms with Crippen molar-refractivity contribution in [3.63, 3.8) is 0 Å². The Hall–Kier alpha value is -3.61. The van der Waals surface area contributed by atoms with E-state index in [9.17, 15) is 9.59 Å².